The van der Waals surface area contributed by atoms with Crippen molar-refractivity contribution in [3.8, 4) is 5.75 Å². The molecule has 1 atom stereocenters. The number of rotatable bonds is 2. The van der Waals surface area contributed by atoms with E-state index < -0.39 is 0 Å². The van der Waals surface area contributed by atoms with E-state index in [0.717, 1.165) is 23.4 Å². The second-order valence-corrected chi connectivity index (χ2v) is 6.26. The quantitative estimate of drug-likeness (QED) is 0.818. The van der Waals surface area contributed by atoms with Gasteiger partial charge in [-0.05, 0) is 46.2 Å². The maximum Gasteiger partial charge on any atom is 0.143 e. The van der Waals surface area contributed by atoms with E-state index in [1.54, 1.807) is 0 Å². The van der Waals surface area contributed by atoms with Crippen molar-refractivity contribution < 1.29 is 9.47 Å². The summed E-state index contributed by atoms with van der Waals surface area (Å²) in [6.45, 7) is 10.3. The Morgan fingerprint density at radius 1 is 1.28 bits per heavy atom. The minimum absolute atomic E-state index is 0.0246. The minimum atomic E-state index is -0.292. The predicted molar refractivity (Wildman–Crippen MR) is 73.9 cm³/mol. The zero-order valence-electron chi connectivity index (χ0n) is 11.9. The molecule has 1 aromatic rings. The van der Waals surface area contributed by atoms with Crippen LogP contribution in [0.1, 0.15) is 39.7 Å². The molecule has 2 rings (SSSR count). The summed E-state index contributed by atoms with van der Waals surface area (Å²) in [4.78, 5) is 0. The van der Waals surface area contributed by atoms with Crippen LogP contribution < -0.4 is 10.5 Å². The molecule has 0 saturated carbocycles. The highest BCUT2D eigenvalue weighted by Crippen LogP contribution is 2.40. The molecule has 1 aromatic carbocycles. The van der Waals surface area contributed by atoms with Crippen molar-refractivity contribution in [2.24, 2.45) is 0 Å². The smallest absolute Gasteiger partial charge is 0.143 e. The summed E-state index contributed by atoms with van der Waals surface area (Å²) in [5, 5.41) is 0. The third-order valence-electron chi connectivity index (χ3n) is 3.55. The number of anilines is 1. The fourth-order valence-corrected chi connectivity index (χ4v) is 2.61. The molecule has 2 N–H and O–H groups in total. The fraction of sp³-hybridized carbons (Fsp3) is 0.600. The topological polar surface area (TPSA) is 44.5 Å². The molecule has 1 aliphatic heterocycles. The Morgan fingerprint density at radius 2 is 1.94 bits per heavy atom. The van der Waals surface area contributed by atoms with Crippen LogP contribution in [0.4, 0.5) is 5.69 Å². The highest BCUT2D eigenvalue weighted by atomic mass is 16.6. The van der Waals surface area contributed by atoms with Gasteiger partial charge in [0.05, 0.1) is 11.3 Å². The molecule has 100 valence electrons. The molecule has 0 bridgehead atoms. The number of hydrogen-bond donors (Lipinski definition) is 1. The van der Waals surface area contributed by atoms with Crippen LogP contribution in [0.25, 0.3) is 0 Å². The van der Waals surface area contributed by atoms with Crippen molar-refractivity contribution in [1.82, 2.24) is 0 Å². The largest absolute Gasteiger partial charge is 0.485 e. The Morgan fingerprint density at radius 3 is 2.50 bits per heavy atom. The average Bonchev–Trinajstić information content (AvgIpc) is 2.42. The van der Waals surface area contributed by atoms with E-state index in [1.807, 2.05) is 25.1 Å². The summed E-state index contributed by atoms with van der Waals surface area (Å²) in [5.41, 5.74) is 7.38. The summed E-state index contributed by atoms with van der Waals surface area (Å²) >= 11 is 0. The standard InChI is InChI=1S/C15H23NO2/c1-10-7-6-8-11(13(10)16)17-12-9-14(2,3)18-15(12,4)5/h6-8,12H,9,16H2,1-5H3. The Balaban J connectivity index is 2.22. The molecule has 1 fully saturated rings. The van der Waals surface area contributed by atoms with Gasteiger partial charge in [0.25, 0.3) is 0 Å². The number of para-hydroxylation sites is 1. The summed E-state index contributed by atoms with van der Waals surface area (Å²) in [7, 11) is 0. The highest BCUT2D eigenvalue weighted by molar-refractivity contribution is 5.57. The van der Waals surface area contributed by atoms with Crippen molar-refractivity contribution in [3.63, 3.8) is 0 Å². The van der Waals surface area contributed by atoms with Gasteiger partial charge < -0.3 is 15.2 Å². The predicted octanol–water partition coefficient (Wildman–Crippen LogP) is 3.30. The summed E-state index contributed by atoms with van der Waals surface area (Å²) in [6.07, 6.45) is 0.893. The Bertz CT molecular complexity index is 452. The van der Waals surface area contributed by atoms with Gasteiger partial charge in [0.2, 0.25) is 0 Å². The van der Waals surface area contributed by atoms with Crippen molar-refractivity contribution >= 4 is 5.69 Å². The SMILES string of the molecule is Cc1cccc(OC2CC(C)(C)OC2(C)C)c1N. The molecule has 0 aliphatic carbocycles. The molecule has 0 aromatic heterocycles. The lowest BCUT2D eigenvalue weighted by Gasteiger charge is -2.28. The minimum Gasteiger partial charge on any atom is -0.485 e. The molecule has 18 heavy (non-hydrogen) atoms. The first-order chi connectivity index (χ1) is 8.21. The van der Waals surface area contributed by atoms with Gasteiger partial charge in [-0.3, -0.25) is 0 Å². The molecule has 0 amide bonds. The summed E-state index contributed by atoms with van der Waals surface area (Å²) < 4.78 is 12.1. The lowest BCUT2D eigenvalue weighted by molar-refractivity contribution is -0.0845. The fourth-order valence-electron chi connectivity index (χ4n) is 2.61. The average molecular weight is 249 g/mol. The van der Waals surface area contributed by atoms with Crippen molar-refractivity contribution in [2.45, 2.75) is 58.3 Å². The van der Waals surface area contributed by atoms with E-state index in [-0.39, 0.29) is 17.3 Å². The third-order valence-corrected chi connectivity index (χ3v) is 3.55. The number of benzene rings is 1. The van der Waals surface area contributed by atoms with E-state index in [2.05, 4.69) is 27.7 Å². The first-order valence-corrected chi connectivity index (χ1v) is 6.43. The zero-order chi connectivity index (χ0) is 13.6. The van der Waals surface area contributed by atoms with E-state index in [9.17, 15) is 0 Å². The molecule has 3 heteroatoms. The molecule has 0 spiro atoms. The van der Waals surface area contributed by atoms with Crippen molar-refractivity contribution in [3.05, 3.63) is 23.8 Å². The number of nitrogen functional groups attached to an aromatic ring is 1. The van der Waals surface area contributed by atoms with Gasteiger partial charge in [-0.1, -0.05) is 12.1 Å². The van der Waals surface area contributed by atoms with Crippen LogP contribution in [0.3, 0.4) is 0 Å². The molecular weight excluding hydrogens is 226 g/mol. The van der Waals surface area contributed by atoms with Gasteiger partial charge in [-0.25, -0.2) is 0 Å². The number of nitrogens with two attached hydrogens (primary N) is 1. The van der Waals surface area contributed by atoms with E-state index in [4.69, 9.17) is 15.2 Å². The molecule has 1 aliphatic rings. The molecule has 1 heterocycles. The Kier molecular flexibility index (Phi) is 3.06. The molecule has 1 saturated heterocycles. The van der Waals surface area contributed by atoms with Crippen molar-refractivity contribution in [1.29, 1.82) is 0 Å². The Hall–Kier alpha value is -1.22. The van der Waals surface area contributed by atoms with Gasteiger partial charge in [0.1, 0.15) is 17.5 Å². The molecule has 3 nitrogen and oxygen atoms in total. The van der Waals surface area contributed by atoms with E-state index >= 15 is 0 Å². The molecule has 0 radical (unpaired) electrons. The van der Waals surface area contributed by atoms with E-state index in [1.165, 1.54) is 0 Å². The van der Waals surface area contributed by atoms with Gasteiger partial charge in [-0.2, -0.15) is 0 Å². The normalized spacial score (nSPS) is 25.1. The van der Waals surface area contributed by atoms with Crippen LogP contribution in [0.15, 0.2) is 18.2 Å². The van der Waals surface area contributed by atoms with Crippen LogP contribution in [0.5, 0.6) is 5.75 Å². The maximum atomic E-state index is 6.09. The summed E-state index contributed by atoms with van der Waals surface area (Å²) in [5.74, 6) is 0.759. The monoisotopic (exact) mass is 249 g/mol. The van der Waals surface area contributed by atoms with E-state index in [0.29, 0.717) is 0 Å². The second-order valence-electron chi connectivity index (χ2n) is 6.26. The second kappa shape index (κ2) is 4.16. The van der Waals surface area contributed by atoms with Crippen LogP contribution in [-0.4, -0.2) is 17.3 Å². The van der Waals surface area contributed by atoms with Gasteiger partial charge in [0.15, 0.2) is 0 Å². The lowest BCUT2D eigenvalue weighted by Crippen LogP contribution is -2.36. The third kappa shape index (κ3) is 2.46. The van der Waals surface area contributed by atoms with Crippen LogP contribution >= 0.6 is 0 Å². The van der Waals surface area contributed by atoms with Gasteiger partial charge in [0, 0.05) is 6.42 Å². The first-order valence-electron chi connectivity index (χ1n) is 6.43. The van der Waals surface area contributed by atoms with Crippen LogP contribution in [-0.2, 0) is 4.74 Å². The molecular formula is C15H23NO2. The highest BCUT2D eigenvalue weighted by Gasteiger charge is 2.47. The lowest BCUT2D eigenvalue weighted by atomic mass is 9.97. The first kappa shape index (κ1) is 13.2. The van der Waals surface area contributed by atoms with Crippen molar-refractivity contribution in [2.75, 3.05) is 5.73 Å². The van der Waals surface area contributed by atoms with Gasteiger partial charge in [-0.15, -0.1) is 0 Å². The summed E-state index contributed by atoms with van der Waals surface area (Å²) in [6, 6.07) is 5.88. The zero-order valence-corrected chi connectivity index (χ0v) is 11.9. The van der Waals surface area contributed by atoms with Crippen LogP contribution in [0.2, 0.25) is 0 Å². The van der Waals surface area contributed by atoms with Crippen LogP contribution in [0, 0.1) is 6.92 Å². The maximum absolute atomic E-state index is 6.09. The number of ether oxygens (including phenoxy) is 2. The molecule has 1 unspecified atom stereocenters. The Labute approximate surface area is 109 Å². The number of hydrogen-bond acceptors (Lipinski definition) is 3. The van der Waals surface area contributed by atoms with Gasteiger partial charge >= 0.3 is 0 Å². The number of aryl methyl sites for hydroxylation is 1.